The van der Waals surface area contributed by atoms with Crippen LogP contribution in [-0.2, 0) is 40.0 Å². The maximum Gasteiger partial charge on any atom is 0.253 e. The first-order valence-electron chi connectivity index (χ1n) is 17.9. The third kappa shape index (κ3) is 14.6. The summed E-state index contributed by atoms with van der Waals surface area (Å²) in [5.74, 6) is -1.62. The number of nitrogens with one attached hydrogen (secondary N) is 2. The average molecular weight is 693 g/mol. The Morgan fingerprint density at radius 2 is 1.18 bits per heavy atom. The predicted octanol–water partition coefficient (Wildman–Crippen LogP) is 5.39. The number of rotatable bonds is 19. The van der Waals surface area contributed by atoms with Gasteiger partial charge in [-0.3, -0.25) is 43.4 Å². The number of carbonyl (C=O) groups is 7. The van der Waals surface area contributed by atoms with Gasteiger partial charge in [-0.25, -0.2) is 0 Å². The van der Waals surface area contributed by atoms with Crippen LogP contribution >= 0.6 is 0 Å². The summed E-state index contributed by atoms with van der Waals surface area (Å²) < 4.78 is 0. The summed E-state index contributed by atoms with van der Waals surface area (Å²) in [4.78, 5) is 85.8. The molecule has 0 aliphatic carbocycles. The van der Waals surface area contributed by atoms with Crippen molar-refractivity contribution < 1.29 is 33.6 Å². The highest BCUT2D eigenvalue weighted by atomic mass is 16.2. The van der Waals surface area contributed by atoms with Gasteiger partial charge in [0.25, 0.3) is 23.6 Å². The van der Waals surface area contributed by atoms with E-state index in [0.717, 1.165) is 42.2 Å². The first-order chi connectivity index (χ1) is 23.6. The van der Waals surface area contributed by atoms with Gasteiger partial charge in [0, 0.05) is 61.8 Å². The van der Waals surface area contributed by atoms with Gasteiger partial charge in [-0.15, -0.1) is 0 Å². The van der Waals surface area contributed by atoms with Crippen LogP contribution in [0, 0.1) is 23.7 Å². The lowest BCUT2D eigenvalue weighted by Crippen LogP contribution is -2.46. The van der Waals surface area contributed by atoms with Crippen LogP contribution in [-0.4, -0.2) is 70.2 Å². The van der Waals surface area contributed by atoms with Crippen LogP contribution in [0.4, 0.5) is 5.69 Å². The smallest absolute Gasteiger partial charge is 0.253 e. The summed E-state index contributed by atoms with van der Waals surface area (Å²) in [7, 11) is 0. The molecule has 2 heterocycles. The van der Waals surface area contributed by atoms with Crippen LogP contribution in [0.2, 0.25) is 0 Å². The van der Waals surface area contributed by atoms with Crippen molar-refractivity contribution in [2.24, 2.45) is 23.7 Å². The monoisotopic (exact) mass is 692 g/mol. The van der Waals surface area contributed by atoms with Crippen LogP contribution in [0.5, 0.6) is 0 Å². The molecule has 1 aromatic carbocycles. The number of hydrogen-bond acceptors (Lipinski definition) is 7. The van der Waals surface area contributed by atoms with Gasteiger partial charge < -0.3 is 10.6 Å². The maximum atomic E-state index is 12.9. The summed E-state index contributed by atoms with van der Waals surface area (Å²) in [6.45, 7) is 14.6. The van der Waals surface area contributed by atoms with E-state index in [9.17, 15) is 33.6 Å². The van der Waals surface area contributed by atoms with Crippen molar-refractivity contribution in [1.29, 1.82) is 0 Å². The fourth-order valence-corrected chi connectivity index (χ4v) is 5.54. The second kappa shape index (κ2) is 21.0. The normalized spacial score (nSPS) is 15.2. The zero-order valence-electron chi connectivity index (χ0n) is 30.8. The topological polar surface area (TPSA) is 150 Å². The molecule has 2 atom stereocenters. The number of nitrogens with zero attached hydrogens (tertiary/aromatic N) is 2. The molecular formula is C39H56N4O7. The lowest BCUT2D eigenvalue weighted by molar-refractivity contribution is -0.139. The molecule has 0 fully saturated rings. The zero-order chi connectivity index (χ0) is 37.4. The van der Waals surface area contributed by atoms with Crippen molar-refractivity contribution in [2.45, 2.75) is 106 Å². The summed E-state index contributed by atoms with van der Waals surface area (Å²) in [6.07, 6.45) is 11.6. The summed E-state index contributed by atoms with van der Waals surface area (Å²) >= 11 is 0. The Kier molecular flexibility index (Phi) is 17.5. The summed E-state index contributed by atoms with van der Waals surface area (Å²) in [6, 6.07) is 6.91. The van der Waals surface area contributed by atoms with Gasteiger partial charge in [-0.1, -0.05) is 86.3 Å². The van der Waals surface area contributed by atoms with Crippen molar-refractivity contribution in [1.82, 2.24) is 15.1 Å². The van der Waals surface area contributed by atoms with Crippen molar-refractivity contribution in [2.75, 3.05) is 18.4 Å². The molecule has 1 aromatic rings. The molecule has 11 heteroatoms. The van der Waals surface area contributed by atoms with E-state index in [1.807, 2.05) is 38.1 Å². The number of anilines is 1. The second-order valence-electron chi connectivity index (χ2n) is 14.3. The molecule has 0 spiro atoms. The molecule has 2 aliphatic heterocycles. The van der Waals surface area contributed by atoms with E-state index in [0.29, 0.717) is 18.2 Å². The Balaban J connectivity index is 0.000000452. The van der Waals surface area contributed by atoms with Crippen molar-refractivity contribution >= 4 is 46.9 Å². The average Bonchev–Trinajstić information content (AvgIpc) is 3.54. The van der Waals surface area contributed by atoms with Gasteiger partial charge in [0.15, 0.2) is 5.78 Å². The minimum Gasteiger partial charge on any atom is -0.346 e. The van der Waals surface area contributed by atoms with Crippen LogP contribution in [0.1, 0.15) is 99.0 Å². The van der Waals surface area contributed by atoms with E-state index >= 15 is 0 Å². The number of ketones is 1. The number of benzene rings is 1. The third-order valence-electron chi connectivity index (χ3n) is 8.43. The van der Waals surface area contributed by atoms with Gasteiger partial charge in [0.1, 0.15) is 0 Å². The third-order valence-corrected chi connectivity index (χ3v) is 8.43. The fraction of sp³-hybridized carbons (Fsp3) is 0.564. The lowest BCUT2D eigenvalue weighted by Gasteiger charge is -2.23. The highest BCUT2D eigenvalue weighted by Crippen LogP contribution is 2.17. The number of hydrogen-bond donors (Lipinski definition) is 2. The largest absolute Gasteiger partial charge is 0.346 e. The molecule has 0 aromatic heterocycles. The van der Waals surface area contributed by atoms with Gasteiger partial charge in [0.05, 0.1) is 6.04 Å². The van der Waals surface area contributed by atoms with Gasteiger partial charge >= 0.3 is 0 Å². The first-order valence-corrected chi connectivity index (χ1v) is 17.9. The molecule has 0 bridgehead atoms. The van der Waals surface area contributed by atoms with Crippen LogP contribution in [0.25, 0.3) is 0 Å². The first kappa shape index (κ1) is 41.8. The SMILES string of the molecule is CC(C)CCCCCCN1C(=O)C=CC1=O.CC(C)Cc1ccc(NC(=O)[C@H](C)CC(=O)C(NC(=O)CCN2C(=O)C=CC2=O)C(C)C)cc1. The van der Waals surface area contributed by atoms with Crippen LogP contribution < -0.4 is 10.6 Å². The number of amides is 6. The fourth-order valence-electron chi connectivity index (χ4n) is 5.54. The van der Waals surface area contributed by atoms with Gasteiger partial charge in [0.2, 0.25) is 11.8 Å². The summed E-state index contributed by atoms with van der Waals surface area (Å²) in [5, 5.41) is 5.54. The molecular weight excluding hydrogens is 636 g/mol. The van der Waals surface area contributed by atoms with Crippen LogP contribution in [0.15, 0.2) is 48.6 Å². The molecule has 6 amide bonds. The number of carbonyl (C=O) groups excluding carboxylic acids is 7. The standard InChI is InChI=1S/C26H35N3O5.C13H21NO2/c1-16(2)14-19-6-8-20(9-7-19)27-26(34)18(5)15-21(30)25(17(3)4)28-22(31)12-13-29-23(32)10-11-24(29)33;1-11(2)7-5-3-4-6-10-14-12(15)8-9-13(14)16/h6-11,16-18,25H,12-15H2,1-5H3,(H,27,34)(H,28,31);8-9,11H,3-7,10H2,1-2H3/t18-,25?;/m1./s1. The van der Waals surface area contributed by atoms with E-state index < -0.39 is 29.7 Å². The Labute approximate surface area is 297 Å². The molecule has 50 heavy (non-hydrogen) atoms. The van der Waals surface area contributed by atoms with E-state index in [-0.39, 0.29) is 48.8 Å². The zero-order valence-corrected chi connectivity index (χ0v) is 30.8. The van der Waals surface area contributed by atoms with E-state index in [4.69, 9.17) is 0 Å². The molecule has 1 unspecified atom stereocenters. The molecule has 2 N–H and O–H groups in total. The van der Waals surface area contributed by atoms with Crippen LogP contribution in [0.3, 0.4) is 0 Å². The van der Waals surface area contributed by atoms with E-state index in [1.165, 1.54) is 41.9 Å². The second-order valence-corrected chi connectivity index (χ2v) is 14.3. The Morgan fingerprint density at radius 3 is 1.68 bits per heavy atom. The Bertz CT molecular complexity index is 1380. The highest BCUT2D eigenvalue weighted by molar-refractivity contribution is 6.13. The quantitative estimate of drug-likeness (QED) is 0.146. The van der Waals surface area contributed by atoms with Crippen molar-refractivity contribution in [3.63, 3.8) is 0 Å². The minimum atomic E-state index is -0.763. The van der Waals surface area contributed by atoms with Gasteiger partial charge in [-0.2, -0.15) is 0 Å². The number of Topliss-reactive ketones (excluding diaryl/α,β-unsaturated/α-hetero) is 1. The molecule has 0 saturated carbocycles. The van der Waals surface area contributed by atoms with Crippen molar-refractivity contribution in [3.05, 3.63) is 54.1 Å². The molecule has 274 valence electrons. The molecule has 2 aliphatic rings. The number of imide groups is 2. The highest BCUT2D eigenvalue weighted by Gasteiger charge is 2.29. The Morgan fingerprint density at radius 1 is 0.660 bits per heavy atom. The molecule has 0 saturated heterocycles. The van der Waals surface area contributed by atoms with E-state index in [1.54, 1.807) is 6.92 Å². The molecule has 11 nitrogen and oxygen atoms in total. The predicted molar refractivity (Wildman–Crippen MR) is 193 cm³/mol. The molecule has 0 radical (unpaired) electrons. The maximum absolute atomic E-state index is 12.9. The lowest BCUT2D eigenvalue weighted by atomic mass is 9.92. The Hall–Kier alpha value is -4.41. The van der Waals surface area contributed by atoms with Crippen molar-refractivity contribution in [3.8, 4) is 0 Å². The minimum absolute atomic E-state index is 0.0204. The van der Waals surface area contributed by atoms with E-state index in [2.05, 4.69) is 38.3 Å². The summed E-state index contributed by atoms with van der Waals surface area (Å²) in [5.41, 5.74) is 1.87. The number of unbranched alkanes of at least 4 members (excludes halogenated alkanes) is 3. The van der Waals surface area contributed by atoms with Gasteiger partial charge in [-0.05, 0) is 48.3 Å². The molecule has 3 rings (SSSR count).